The normalized spacial score (nSPS) is 12.1. The summed E-state index contributed by atoms with van der Waals surface area (Å²) in [6.45, 7) is 5.56. The van der Waals surface area contributed by atoms with Gasteiger partial charge in [0.1, 0.15) is 16.6 Å². The minimum absolute atomic E-state index is 0.448. The topological polar surface area (TPSA) is 114 Å². The molecule has 0 saturated carbocycles. The molecule has 0 amide bonds. The van der Waals surface area contributed by atoms with Crippen LogP contribution in [0.2, 0.25) is 0 Å². The van der Waals surface area contributed by atoms with Gasteiger partial charge in [-0.15, -0.1) is 22.7 Å². The van der Waals surface area contributed by atoms with E-state index >= 15 is 0 Å². The van der Waals surface area contributed by atoms with E-state index in [-0.39, 0.29) is 0 Å². The molecule has 10 rings (SSSR count). The van der Waals surface area contributed by atoms with Crippen LogP contribution in [0.25, 0.3) is 96.8 Å². The molecular weight excluding hydrogens is 729 g/mol. The summed E-state index contributed by atoms with van der Waals surface area (Å²) in [6.07, 6.45) is -1.05. The van der Waals surface area contributed by atoms with Gasteiger partial charge in [-0.1, -0.05) is 60.7 Å². The van der Waals surface area contributed by atoms with Crippen LogP contribution in [0, 0.1) is 0 Å². The summed E-state index contributed by atoms with van der Waals surface area (Å²) in [5, 5.41) is 1.63. The Kier molecular flexibility index (Phi) is 7.38. The summed E-state index contributed by atoms with van der Waals surface area (Å²) in [4.78, 5) is 51.1. The lowest BCUT2D eigenvalue weighted by molar-refractivity contribution is 0.0550. The molecule has 0 atom stereocenters. The fourth-order valence-electron chi connectivity index (χ4n) is 7.20. The summed E-state index contributed by atoms with van der Waals surface area (Å²) in [6, 6.07) is 35.6. The summed E-state index contributed by atoms with van der Waals surface area (Å²) >= 11 is 3.27. The minimum Gasteiger partial charge on any atom is -0.452 e. The Balaban J connectivity index is 1.11. The molecule has 0 radical (unpaired) electrons. The summed E-state index contributed by atoms with van der Waals surface area (Å²) in [5.41, 5.74) is 7.47. The maximum absolute atomic E-state index is 14.0. The van der Waals surface area contributed by atoms with E-state index in [4.69, 9.17) is 29.4 Å². The Morgan fingerprint density at radius 3 is 1.38 bits per heavy atom. The van der Waals surface area contributed by atoms with Gasteiger partial charge in [0.25, 0.3) is 0 Å². The van der Waals surface area contributed by atoms with Crippen molar-refractivity contribution in [3.63, 3.8) is 0 Å². The molecule has 6 heterocycles. The number of carbonyl (C=O) groups excluding carboxylic acids is 2. The van der Waals surface area contributed by atoms with E-state index in [0.29, 0.717) is 44.4 Å². The van der Waals surface area contributed by atoms with Crippen molar-refractivity contribution in [1.82, 2.24) is 29.1 Å². The number of rotatable bonds is 3. The molecule has 4 aromatic carbocycles. The number of carbonyl (C=O) groups is 2. The van der Waals surface area contributed by atoms with Crippen LogP contribution in [0.1, 0.15) is 20.8 Å². The Labute approximate surface area is 321 Å². The standard InChI is InChI=1S/C43H30N6O4S2/c1-43(2,3)53-42(51)49-38-24(12-10-14-26(38)36-40(49)47-30-18-8-6-16-28(30)45-36)32-20-22-34(55-32)33-21-19-31(54-33)23-11-9-13-25-35-39(48(37(23)25)41(50)52-4)46-29-17-7-5-15-27(29)44-35/h5-22H,1-4H3. The highest BCUT2D eigenvalue weighted by Gasteiger charge is 2.27. The first-order valence-corrected chi connectivity index (χ1v) is 19.2. The van der Waals surface area contributed by atoms with Gasteiger partial charge in [0.2, 0.25) is 0 Å². The first kappa shape index (κ1) is 33.1. The Hall–Kier alpha value is -6.50. The number of aromatic nitrogens is 6. The average Bonchev–Trinajstić information content (AvgIpc) is 3.99. The van der Waals surface area contributed by atoms with Crippen molar-refractivity contribution in [2.24, 2.45) is 0 Å². The van der Waals surface area contributed by atoms with Gasteiger partial charge >= 0.3 is 12.2 Å². The maximum Gasteiger partial charge on any atom is 0.420 e. The van der Waals surface area contributed by atoms with Crippen LogP contribution in [0.3, 0.4) is 0 Å². The van der Waals surface area contributed by atoms with Gasteiger partial charge in [0.05, 0.1) is 40.2 Å². The van der Waals surface area contributed by atoms with Crippen molar-refractivity contribution in [3.05, 3.63) is 109 Å². The summed E-state index contributed by atoms with van der Waals surface area (Å²) < 4.78 is 14.3. The molecule has 0 aliphatic rings. The number of para-hydroxylation sites is 6. The van der Waals surface area contributed by atoms with Gasteiger partial charge in [0, 0.05) is 41.4 Å². The van der Waals surface area contributed by atoms with Crippen molar-refractivity contribution in [1.29, 1.82) is 0 Å². The van der Waals surface area contributed by atoms with Crippen molar-refractivity contribution < 1.29 is 19.1 Å². The SMILES string of the molecule is COC(=O)n1c2nc3ccccc3nc2c2cccc(-c3ccc(-c4ccc(-c5cccc6c7nc8ccccc8nc7n(C(=O)OC(C)(C)C)c56)s4)s3)c21. The van der Waals surface area contributed by atoms with Gasteiger partial charge in [-0.2, -0.15) is 0 Å². The lowest BCUT2D eigenvalue weighted by Gasteiger charge is -2.20. The first-order chi connectivity index (χ1) is 26.7. The molecule has 0 spiro atoms. The monoisotopic (exact) mass is 758 g/mol. The minimum atomic E-state index is -0.719. The van der Waals surface area contributed by atoms with Crippen LogP contribution in [0.5, 0.6) is 0 Å². The zero-order valence-electron chi connectivity index (χ0n) is 30.0. The molecule has 0 N–H and O–H groups in total. The van der Waals surface area contributed by atoms with E-state index in [9.17, 15) is 9.59 Å². The van der Waals surface area contributed by atoms with Crippen molar-refractivity contribution in [2.45, 2.75) is 26.4 Å². The average molecular weight is 759 g/mol. The van der Waals surface area contributed by atoms with E-state index in [1.165, 1.54) is 11.7 Å². The van der Waals surface area contributed by atoms with Crippen LogP contribution < -0.4 is 0 Å². The van der Waals surface area contributed by atoms with Crippen molar-refractivity contribution in [3.8, 4) is 30.6 Å². The molecule has 0 bridgehead atoms. The number of benzene rings is 4. The Morgan fingerprint density at radius 2 is 0.945 bits per heavy atom. The molecule has 0 aliphatic carbocycles. The molecule has 12 heteroatoms. The predicted octanol–water partition coefficient (Wildman–Crippen LogP) is 11.3. The second kappa shape index (κ2) is 12.3. The van der Waals surface area contributed by atoms with E-state index in [1.807, 2.05) is 106 Å². The van der Waals surface area contributed by atoms with Crippen molar-refractivity contribution >= 4 is 101 Å². The van der Waals surface area contributed by atoms with E-state index in [1.54, 1.807) is 27.2 Å². The Bertz CT molecular complexity index is 3220. The second-order valence-corrected chi connectivity index (χ2v) is 16.3. The number of methoxy groups -OCH3 is 1. The highest BCUT2D eigenvalue weighted by molar-refractivity contribution is 7.25. The van der Waals surface area contributed by atoms with Gasteiger partial charge < -0.3 is 9.47 Å². The molecule has 6 aromatic heterocycles. The zero-order chi connectivity index (χ0) is 37.6. The fraction of sp³-hybridized carbons (Fsp3) is 0.116. The van der Waals surface area contributed by atoms with Gasteiger partial charge in [-0.05, 0) is 69.3 Å². The third-order valence-electron chi connectivity index (χ3n) is 9.48. The van der Waals surface area contributed by atoms with Gasteiger partial charge in [0.15, 0.2) is 11.3 Å². The number of thiophene rings is 2. The molecule has 0 saturated heterocycles. The summed E-state index contributed by atoms with van der Waals surface area (Å²) in [7, 11) is 1.37. The van der Waals surface area contributed by atoms with E-state index in [2.05, 4.69) is 24.3 Å². The molecule has 0 unspecified atom stereocenters. The lowest BCUT2D eigenvalue weighted by atomic mass is 10.1. The first-order valence-electron chi connectivity index (χ1n) is 17.6. The van der Waals surface area contributed by atoms with Crippen LogP contribution in [0.15, 0.2) is 109 Å². The second-order valence-electron chi connectivity index (χ2n) is 14.1. The molecule has 10 aromatic rings. The highest BCUT2D eigenvalue weighted by Crippen LogP contribution is 2.45. The number of hydrogen-bond donors (Lipinski definition) is 0. The smallest absolute Gasteiger partial charge is 0.420 e. The predicted molar refractivity (Wildman–Crippen MR) is 220 cm³/mol. The van der Waals surface area contributed by atoms with E-state index in [0.717, 1.165) is 52.4 Å². The van der Waals surface area contributed by atoms with Crippen LogP contribution in [0.4, 0.5) is 9.59 Å². The highest BCUT2D eigenvalue weighted by atomic mass is 32.1. The fourth-order valence-corrected chi connectivity index (χ4v) is 9.35. The third-order valence-corrected chi connectivity index (χ3v) is 11.9. The molecule has 55 heavy (non-hydrogen) atoms. The van der Waals surface area contributed by atoms with E-state index < -0.39 is 17.8 Å². The van der Waals surface area contributed by atoms with Crippen LogP contribution in [-0.2, 0) is 9.47 Å². The van der Waals surface area contributed by atoms with Gasteiger partial charge in [-0.3, -0.25) is 0 Å². The van der Waals surface area contributed by atoms with Gasteiger partial charge in [-0.25, -0.2) is 38.7 Å². The molecule has 0 aliphatic heterocycles. The number of fused-ring (bicyclic) bond motifs is 8. The zero-order valence-corrected chi connectivity index (χ0v) is 31.7. The van der Waals surface area contributed by atoms with Crippen molar-refractivity contribution in [2.75, 3.05) is 7.11 Å². The molecule has 10 nitrogen and oxygen atoms in total. The Morgan fingerprint density at radius 1 is 0.527 bits per heavy atom. The summed E-state index contributed by atoms with van der Waals surface area (Å²) in [5.74, 6) is 0. The van der Waals surface area contributed by atoms with Crippen LogP contribution >= 0.6 is 22.7 Å². The maximum atomic E-state index is 14.0. The molecular formula is C43H30N6O4S2. The largest absolute Gasteiger partial charge is 0.452 e. The third kappa shape index (κ3) is 5.28. The molecule has 268 valence electrons. The lowest BCUT2D eigenvalue weighted by Crippen LogP contribution is -2.27. The number of ether oxygens (including phenoxy) is 2. The number of hydrogen-bond acceptors (Lipinski definition) is 10. The molecule has 0 fully saturated rings. The van der Waals surface area contributed by atoms with Crippen LogP contribution in [-0.4, -0.2) is 54.0 Å². The quantitative estimate of drug-likeness (QED) is 0.175. The number of nitrogens with zero attached hydrogens (tertiary/aromatic N) is 6.